The van der Waals surface area contributed by atoms with Gasteiger partial charge in [0.05, 0.1) is 6.54 Å². The lowest BCUT2D eigenvalue weighted by molar-refractivity contribution is 0.329. The quantitative estimate of drug-likeness (QED) is 0.530. The summed E-state index contributed by atoms with van der Waals surface area (Å²) >= 11 is 1.38. The highest BCUT2D eigenvalue weighted by Gasteiger charge is 2.22. The number of benzene rings is 1. The molecule has 0 radical (unpaired) electrons. The Bertz CT molecular complexity index is 1310. The average Bonchev–Trinajstić information content (AvgIpc) is 2.99. The standard InChI is InChI=1S/C21H17N7OS/c1-12-6-13(14-8-16-20(26-10-14)30-21(23)27-16)7-15-11-28(4-5-29-18(12)15)19-17(9-22)24-2-3-25-19/h2-3,6-8,10H,4-5,11H2,1H3,(H2,23,27). The van der Waals surface area contributed by atoms with Crippen LogP contribution in [0, 0.1) is 18.3 Å². The van der Waals surface area contributed by atoms with Gasteiger partial charge in [0.2, 0.25) is 0 Å². The zero-order valence-corrected chi connectivity index (χ0v) is 17.0. The first-order valence-electron chi connectivity index (χ1n) is 9.37. The number of hydrogen-bond acceptors (Lipinski definition) is 9. The number of nitrogens with two attached hydrogens (primary N) is 1. The normalized spacial score (nSPS) is 13.4. The summed E-state index contributed by atoms with van der Waals surface area (Å²) in [4.78, 5) is 20.2. The minimum atomic E-state index is 0.310. The van der Waals surface area contributed by atoms with Crippen molar-refractivity contribution in [1.82, 2.24) is 19.9 Å². The van der Waals surface area contributed by atoms with Gasteiger partial charge in [0.15, 0.2) is 16.6 Å². The van der Waals surface area contributed by atoms with Crippen LogP contribution in [0.4, 0.5) is 10.9 Å². The maximum Gasteiger partial charge on any atom is 0.183 e. The van der Waals surface area contributed by atoms with Gasteiger partial charge >= 0.3 is 0 Å². The number of hydrogen-bond donors (Lipinski definition) is 1. The van der Waals surface area contributed by atoms with Gasteiger partial charge in [0, 0.05) is 36.3 Å². The number of nitriles is 1. The molecule has 8 nitrogen and oxygen atoms in total. The molecule has 4 heterocycles. The minimum absolute atomic E-state index is 0.310. The SMILES string of the molecule is Cc1cc(-c2cnc3sc(N)nc3c2)cc2c1OCCN(c1nccnc1C#N)C2. The number of thiazole rings is 1. The fourth-order valence-corrected chi connectivity index (χ4v) is 4.36. The van der Waals surface area contributed by atoms with Crippen molar-refractivity contribution in [2.45, 2.75) is 13.5 Å². The number of ether oxygens (including phenoxy) is 1. The monoisotopic (exact) mass is 415 g/mol. The van der Waals surface area contributed by atoms with Crippen LogP contribution in [0.25, 0.3) is 21.5 Å². The van der Waals surface area contributed by atoms with Gasteiger partial charge in [-0.2, -0.15) is 5.26 Å². The molecule has 1 aliphatic rings. The predicted octanol–water partition coefficient (Wildman–Crippen LogP) is 3.31. The Balaban J connectivity index is 1.57. The zero-order valence-electron chi connectivity index (χ0n) is 16.2. The smallest absolute Gasteiger partial charge is 0.183 e. The van der Waals surface area contributed by atoms with Crippen LogP contribution >= 0.6 is 11.3 Å². The maximum atomic E-state index is 9.41. The molecular formula is C21H17N7OS. The highest BCUT2D eigenvalue weighted by atomic mass is 32.1. The number of nitrogens with zero attached hydrogens (tertiary/aromatic N) is 6. The second kappa shape index (κ2) is 7.24. The average molecular weight is 415 g/mol. The molecule has 2 N–H and O–H groups in total. The van der Waals surface area contributed by atoms with Crippen molar-refractivity contribution in [3.8, 4) is 22.9 Å². The van der Waals surface area contributed by atoms with Gasteiger partial charge < -0.3 is 15.4 Å². The van der Waals surface area contributed by atoms with Crippen molar-refractivity contribution in [2.24, 2.45) is 0 Å². The summed E-state index contributed by atoms with van der Waals surface area (Å²) < 4.78 is 6.05. The topological polar surface area (TPSA) is 114 Å². The van der Waals surface area contributed by atoms with Gasteiger partial charge in [0.1, 0.15) is 28.8 Å². The van der Waals surface area contributed by atoms with E-state index in [0.717, 1.165) is 38.4 Å². The summed E-state index contributed by atoms with van der Waals surface area (Å²) in [6.45, 7) is 3.72. The van der Waals surface area contributed by atoms with Crippen LogP contribution in [-0.4, -0.2) is 33.1 Å². The molecule has 1 aromatic carbocycles. The van der Waals surface area contributed by atoms with Gasteiger partial charge in [-0.25, -0.2) is 19.9 Å². The van der Waals surface area contributed by atoms with Gasteiger partial charge in [-0.15, -0.1) is 0 Å². The Hall–Kier alpha value is -3.77. The van der Waals surface area contributed by atoms with Gasteiger partial charge in [-0.05, 0) is 36.2 Å². The summed E-state index contributed by atoms with van der Waals surface area (Å²) in [6.07, 6.45) is 4.97. The summed E-state index contributed by atoms with van der Waals surface area (Å²) in [5, 5.41) is 9.92. The zero-order chi connectivity index (χ0) is 20.7. The predicted molar refractivity (Wildman–Crippen MR) is 115 cm³/mol. The second-order valence-electron chi connectivity index (χ2n) is 6.99. The molecule has 0 bridgehead atoms. The van der Waals surface area contributed by atoms with Crippen LogP contribution in [0.1, 0.15) is 16.8 Å². The molecule has 3 aromatic heterocycles. The molecule has 4 aromatic rings. The molecule has 5 rings (SSSR count). The van der Waals surface area contributed by atoms with E-state index in [1.54, 1.807) is 6.20 Å². The van der Waals surface area contributed by atoms with E-state index in [9.17, 15) is 5.26 Å². The van der Waals surface area contributed by atoms with Crippen LogP contribution in [0.5, 0.6) is 5.75 Å². The van der Waals surface area contributed by atoms with E-state index in [2.05, 4.69) is 38.1 Å². The van der Waals surface area contributed by atoms with E-state index in [1.807, 2.05) is 24.1 Å². The van der Waals surface area contributed by atoms with E-state index in [4.69, 9.17) is 10.5 Å². The third-order valence-corrected chi connectivity index (χ3v) is 5.81. The Morgan fingerprint density at radius 1 is 1.17 bits per heavy atom. The highest BCUT2D eigenvalue weighted by molar-refractivity contribution is 7.21. The van der Waals surface area contributed by atoms with E-state index >= 15 is 0 Å². The largest absolute Gasteiger partial charge is 0.491 e. The molecule has 1 aliphatic heterocycles. The first-order valence-corrected chi connectivity index (χ1v) is 10.2. The molecule has 0 amide bonds. The Morgan fingerprint density at radius 3 is 2.90 bits per heavy atom. The van der Waals surface area contributed by atoms with Gasteiger partial charge in [0.25, 0.3) is 0 Å². The lowest BCUT2D eigenvalue weighted by Crippen LogP contribution is -2.27. The lowest BCUT2D eigenvalue weighted by Gasteiger charge is -2.21. The van der Waals surface area contributed by atoms with Crippen molar-refractivity contribution >= 4 is 32.6 Å². The summed E-state index contributed by atoms with van der Waals surface area (Å²) in [7, 11) is 0. The lowest BCUT2D eigenvalue weighted by atomic mass is 10.00. The van der Waals surface area contributed by atoms with Crippen LogP contribution in [-0.2, 0) is 6.54 Å². The van der Waals surface area contributed by atoms with Crippen LogP contribution < -0.4 is 15.4 Å². The molecule has 0 atom stereocenters. The molecular weight excluding hydrogens is 398 g/mol. The summed E-state index contributed by atoms with van der Waals surface area (Å²) in [5.74, 6) is 1.44. The first-order chi connectivity index (χ1) is 14.6. The molecule has 0 spiro atoms. The van der Waals surface area contributed by atoms with Crippen LogP contribution in [0.15, 0.2) is 36.8 Å². The van der Waals surface area contributed by atoms with E-state index < -0.39 is 0 Å². The number of aryl methyl sites for hydroxylation is 1. The van der Waals surface area contributed by atoms with Crippen molar-refractivity contribution in [2.75, 3.05) is 23.8 Å². The Labute approximate surface area is 176 Å². The Kier molecular flexibility index (Phi) is 4.41. The second-order valence-corrected chi connectivity index (χ2v) is 8.00. The third-order valence-electron chi connectivity index (χ3n) is 5.00. The van der Waals surface area contributed by atoms with E-state index in [-0.39, 0.29) is 0 Å². The van der Waals surface area contributed by atoms with Crippen LogP contribution in [0.2, 0.25) is 0 Å². The highest BCUT2D eigenvalue weighted by Crippen LogP contribution is 2.35. The van der Waals surface area contributed by atoms with Crippen LogP contribution in [0.3, 0.4) is 0 Å². The molecule has 30 heavy (non-hydrogen) atoms. The fourth-order valence-electron chi connectivity index (χ4n) is 3.70. The van der Waals surface area contributed by atoms with Gasteiger partial charge in [-0.1, -0.05) is 11.3 Å². The number of pyridine rings is 1. The number of aromatic nitrogens is 4. The van der Waals surface area contributed by atoms with E-state index in [0.29, 0.717) is 36.3 Å². The molecule has 148 valence electrons. The summed E-state index contributed by atoms with van der Waals surface area (Å²) in [6, 6.07) is 8.32. The molecule has 0 fully saturated rings. The van der Waals surface area contributed by atoms with Crippen molar-refractivity contribution < 1.29 is 4.74 Å². The first kappa shape index (κ1) is 18.3. The fraction of sp³-hybridized carbons (Fsp3) is 0.190. The summed E-state index contributed by atoms with van der Waals surface area (Å²) in [5.41, 5.74) is 11.0. The van der Waals surface area contributed by atoms with Gasteiger partial charge in [-0.3, -0.25) is 0 Å². The number of rotatable bonds is 2. The van der Waals surface area contributed by atoms with Crippen molar-refractivity contribution in [1.29, 1.82) is 5.26 Å². The Morgan fingerprint density at radius 2 is 2.03 bits per heavy atom. The van der Waals surface area contributed by atoms with Crippen molar-refractivity contribution in [3.05, 3.63) is 53.6 Å². The number of nitrogen functional groups attached to an aromatic ring is 1. The van der Waals surface area contributed by atoms with Crippen molar-refractivity contribution in [3.63, 3.8) is 0 Å². The molecule has 0 aliphatic carbocycles. The minimum Gasteiger partial charge on any atom is -0.491 e. The van der Waals surface area contributed by atoms with E-state index in [1.165, 1.54) is 17.5 Å². The third kappa shape index (κ3) is 3.17. The molecule has 0 unspecified atom stereocenters. The molecule has 0 saturated heterocycles. The molecule has 0 saturated carbocycles. The number of fused-ring (bicyclic) bond motifs is 2. The number of anilines is 2. The maximum absolute atomic E-state index is 9.41. The molecule has 9 heteroatoms.